The number of urea groups is 1. The molecule has 0 radical (unpaired) electrons. The predicted molar refractivity (Wildman–Crippen MR) is 131 cm³/mol. The Hall–Kier alpha value is -2.12. The summed E-state index contributed by atoms with van der Waals surface area (Å²) in [5.74, 6) is 1.83. The molecule has 0 spiro atoms. The fourth-order valence-corrected chi connectivity index (χ4v) is 7.47. The quantitative estimate of drug-likeness (QED) is 0.680. The Kier molecular flexibility index (Phi) is 6.60. The lowest BCUT2D eigenvalue weighted by atomic mass is 9.53. The second-order valence-corrected chi connectivity index (χ2v) is 11.4. The zero-order valence-corrected chi connectivity index (χ0v) is 20.7. The van der Waals surface area contributed by atoms with Crippen molar-refractivity contribution in [3.8, 4) is 0 Å². The highest BCUT2D eigenvalue weighted by molar-refractivity contribution is 6.33. The summed E-state index contributed by atoms with van der Waals surface area (Å²) >= 11 is 6.21. The van der Waals surface area contributed by atoms with Crippen molar-refractivity contribution in [1.82, 2.24) is 20.4 Å². The molecule has 4 amide bonds. The van der Waals surface area contributed by atoms with Crippen molar-refractivity contribution in [1.29, 1.82) is 0 Å². The molecule has 6 rings (SSSR count). The second kappa shape index (κ2) is 9.50. The minimum absolute atomic E-state index is 0.0838. The maximum Gasteiger partial charge on any atom is 0.321 e. The Balaban J connectivity index is 1.14. The summed E-state index contributed by atoms with van der Waals surface area (Å²) < 4.78 is 0. The van der Waals surface area contributed by atoms with E-state index in [0.29, 0.717) is 36.8 Å². The Morgan fingerprint density at radius 3 is 2.26 bits per heavy atom. The van der Waals surface area contributed by atoms with Crippen LogP contribution in [0.1, 0.15) is 62.2 Å². The smallest absolute Gasteiger partial charge is 0.321 e. The van der Waals surface area contributed by atoms with Crippen molar-refractivity contribution >= 4 is 29.4 Å². The lowest BCUT2D eigenvalue weighted by Crippen LogP contribution is -2.62. The van der Waals surface area contributed by atoms with Crippen LogP contribution in [-0.4, -0.2) is 65.4 Å². The van der Waals surface area contributed by atoms with Gasteiger partial charge in [0.15, 0.2) is 0 Å². The second-order valence-electron chi connectivity index (χ2n) is 11.0. The molecule has 1 atom stereocenters. The molecule has 4 aliphatic carbocycles. The molecule has 7 nitrogen and oxygen atoms in total. The van der Waals surface area contributed by atoms with Gasteiger partial charge in [-0.15, -0.1) is 0 Å². The number of hydrogen-bond acceptors (Lipinski definition) is 4. The highest BCUT2D eigenvalue weighted by atomic mass is 35.5. The van der Waals surface area contributed by atoms with Crippen molar-refractivity contribution in [2.75, 3.05) is 26.2 Å². The van der Waals surface area contributed by atoms with Crippen LogP contribution in [0.3, 0.4) is 0 Å². The summed E-state index contributed by atoms with van der Waals surface area (Å²) in [4.78, 5) is 42.5. The average molecular weight is 487 g/mol. The molecule has 4 saturated carbocycles. The van der Waals surface area contributed by atoms with Crippen molar-refractivity contribution in [3.63, 3.8) is 0 Å². The van der Waals surface area contributed by atoms with Crippen LogP contribution in [-0.2, 0) is 4.79 Å². The van der Waals surface area contributed by atoms with E-state index in [0.717, 1.165) is 43.4 Å². The number of amides is 4. The molecule has 34 heavy (non-hydrogen) atoms. The van der Waals surface area contributed by atoms with Gasteiger partial charge in [0.05, 0.1) is 16.6 Å². The molecule has 1 aromatic carbocycles. The fraction of sp³-hybridized carbons (Fsp3) is 0.654. The molecule has 0 aromatic heterocycles. The summed E-state index contributed by atoms with van der Waals surface area (Å²) in [6.07, 6.45) is 7.84. The third-order valence-electron chi connectivity index (χ3n) is 8.50. The SMILES string of the molecule is CC(C(=O)NC(=O)NC12CC3CC(CC(C3)C1)C2)N1CCCN(C(=O)c2ccccc2Cl)CC1. The number of carbonyl (C=O) groups excluding carboxylic acids is 3. The van der Waals surface area contributed by atoms with Crippen LogP contribution in [0.2, 0.25) is 5.02 Å². The molecule has 1 aliphatic heterocycles. The number of imide groups is 1. The van der Waals surface area contributed by atoms with Gasteiger partial charge in [-0.2, -0.15) is 0 Å². The number of hydrogen-bond donors (Lipinski definition) is 2. The summed E-state index contributed by atoms with van der Waals surface area (Å²) in [6.45, 7) is 4.22. The number of nitrogens with one attached hydrogen (secondary N) is 2. The highest BCUT2D eigenvalue weighted by Crippen LogP contribution is 2.55. The molecule has 5 aliphatic rings. The molecular weight excluding hydrogens is 452 g/mol. The van der Waals surface area contributed by atoms with E-state index in [-0.39, 0.29) is 23.4 Å². The van der Waals surface area contributed by atoms with Gasteiger partial charge in [0.2, 0.25) is 5.91 Å². The van der Waals surface area contributed by atoms with Gasteiger partial charge in [0, 0.05) is 31.7 Å². The Bertz CT molecular complexity index is 932. The molecule has 184 valence electrons. The van der Waals surface area contributed by atoms with Gasteiger partial charge in [-0.1, -0.05) is 23.7 Å². The van der Waals surface area contributed by atoms with Crippen LogP contribution in [0, 0.1) is 17.8 Å². The maximum atomic E-state index is 12.9. The number of halogens is 1. The van der Waals surface area contributed by atoms with Gasteiger partial charge in [0.1, 0.15) is 0 Å². The fourth-order valence-electron chi connectivity index (χ4n) is 7.25. The molecule has 4 bridgehead atoms. The monoisotopic (exact) mass is 486 g/mol. The summed E-state index contributed by atoms with van der Waals surface area (Å²) in [6, 6.07) is 6.28. The van der Waals surface area contributed by atoms with Crippen molar-refractivity contribution in [3.05, 3.63) is 34.9 Å². The number of benzene rings is 1. The van der Waals surface area contributed by atoms with Crippen molar-refractivity contribution < 1.29 is 14.4 Å². The highest BCUT2D eigenvalue weighted by Gasteiger charge is 2.51. The minimum atomic E-state index is -0.447. The van der Waals surface area contributed by atoms with E-state index < -0.39 is 6.04 Å². The van der Waals surface area contributed by atoms with Crippen LogP contribution in [0.25, 0.3) is 0 Å². The Morgan fingerprint density at radius 1 is 0.971 bits per heavy atom. The van der Waals surface area contributed by atoms with E-state index in [4.69, 9.17) is 11.6 Å². The summed E-state index contributed by atoms with van der Waals surface area (Å²) in [7, 11) is 0. The summed E-state index contributed by atoms with van der Waals surface area (Å²) in [5, 5.41) is 6.28. The standard InChI is InChI=1S/C26H35ClN4O3/c1-17(30-7-4-8-31(10-9-30)24(33)21-5-2-3-6-22(21)27)23(32)28-25(34)29-26-14-18-11-19(15-26)13-20(12-18)16-26/h2-3,5-6,17-20H,4,7-16H2,1H3,(H2,28,29,32,34). The van der Waals surface area contributed by atoms with E-state index in [1.54, 1.807) is 17.0 Å². The van der Waals surface area contributed by atoms with Gasteiger partial charge in [0.25, 0.3) is 5.91 Å². The zero-order chi connectivity index (χ0) is 23.9. The maximum absolute atomic E-state index is 12.9. The molecular formula is C26H35ClN4O3. The van der Waals surface area contributed by atoms with Crippen LogP contribution in [0.4, 0.5) is 4.79 Å². The Morgan fingerprint density at radius 2 is 1.62 bits per heavy atom. The van der Waals surface area contributed by atoms with E-state index >= 15 is 0 Å². The molecule has 1 saturated heterocycles. The topological polar surface area (TPSA) is 81.8 Å². The number of rotatable bonds is 4. The molecule has 1 unspecified atom stereocenters. The average Bonchev–Trinajstić information content (AvgIpc) is 3.03. The van der Waals surface area contributed by atoms with E-state index in [2.05, 4.69) is 10.6 Å². The van der Waals surface area contributed by atoms with Crippen LogP contribution >= 0.6 is 11.6 Å². The van der Waals surface area contributed by atoms with Gasteiger partial charge < -0.3 is 10.2 Å². The largest absolute Gasteiger partial charge is 0.337 e. The van der Waals surface area contributed by atoms with Gasteiger partial charge in [-0.05, 0) is 81.8 Å². The van der Waals surface area contributed by atoms with Gasteiger partial charge in [-0.25, -0.2) is 4.79 Å². The van der Waals surface area contributed by atoms with E-state index in [1.807, 2.05) is 24.0 Å². The Labute approximate surface area is 206 Å². The number of nitrogens with zero attached hydrogens (tertiary/aromatic N) is 2. The molecule has 5 fully saturated rings. The third-order valence-corrected chi connectivity index (χ3v) is 8.83. The van der Waals surface area contributed by atoms with Gasteiger partial charge >= 0.3 is 6.03 Å². The molecule has 8 heteroatoms. The van der Waals surface area contributed by atoms with E-state index in [1.165, 1.54) is 19.3 Å². The van der Waals surface area contributed by atoms with Crippen LogP contribution in [0.15, 0.2) is 24.3 Å². The zero-order valence-electron chi connectivity index (χ0n) is 19.9. The van der Waals surface area contributed by atoms with E-state index in [9.17, 15) is 14.4 Å². The van der Waals surface area contributed by atoms with Crippen LogP contribution in [0.5, 0.6) is 0 Å². The molecule has 1 heterocycles. The summed E-state index contributed by atoms with van der Waals surface area (Å²) in [5.41, 5.74) is 0.384. The first-order valence-corrected chi connectivity index (χ1v) is 13.1. The molecule has 1 aromatic rings. The number of carbonyl (C=O) groups is 3. The van der Waals surface area contributed by atoms with Crippen molar-refractivity contribution in [2.24, 2.45) is 17.8 Å². The van der Waals surface area contributed by atoms with Crippen molar-refractivity contribution in [2.45, 2.75) is 63.5 Å². The lowest BCUT2D eigenvalue weighted by molar-refractivity contribution is -0.124. The first-order chi connectivity index (χ1) is 16.3. The minimum Gasteiger partial charge on any atom is -0.337 e. The van der Waals surface area contributed by atoms with Crippen LogP contribution < -0.4 is 10.6 Å². The predicted octanol–water partition coefficient (Wildman–Crippen LogP) is 3.67. The lowest BCUT2D eigenvalue weighted by Gasteiger charge is -2.56. The first kappa shape index (κ1) is 23.6. The molecule has 2 N–H and O–H groups in total. The third kappa shape index (κ3) is 4.82. The van der Waals surface area contributed by atoms with Gasteiger partial charge in [-0.3, -0.25) is 19.8 Å². The normalized spacial score (nSPS) is 31.6. The first-order valence-electron chi connectivity index (χ1n) is 12.7.